The number of hydrogen-bond donors (Lipinski definition) is 1. The maximum atomic E-state index is 12.3. The lowest BCUT2D eigenvalue weighted by atomic mass is 10.2. The van der Waals surface area contributed by atoms with Crippen LogP contribution in [0.3, 0.4) is 0 Å². The molecule has 0 bridgehead atoms. The van der Waals surface area contributed by atoms with Crippen LogP contribution in [-0.2, 0) is 22.8 Å². The van der Waals surface area contributed by atoms with Gasteiger partial charge in [0.25, 0.3) is 0 Å². The zero-order valence-corrected chi connectivity index (χ0v) is 20.0. The molecule has 3 rings (SSSR count). The second-order valence-corrected chi connectivity index (χ2v) is 9.43. The molecule has 0 aliphatic heterocycles. The molecule has 1 aromatic heterocycles. The van der Waals surface area contributed by atoms with Crippen LogP contribution in [0.15, 0.2) is 70.8 Å². The molecule has 3 aromatic rings. The van der Waals surface area contributed by atoms with E-state index in [1.54, 1.807) is 30.0 Å². The van der Waals surface area contributed by atoms with Crippen LogP contribution >= 0.6 is 51.1 Å². The predicted octanol–water partition coefficient (Wildman–Crippen LogP) is 6.04. The number of amides is 1. The van der Waals surface area contributed by atoms with Crippen molar-refractivity contribution in [2.24, 2.45) is 0 Å². The van der Waals surface area contributed by atoms with Gasteiger partial charge in [0, 0.05) is 22.5 Å². The number of carbonyl (C=O) groups is 1. The van der Waals surface area contributed by atoms with Gasteiger partial charge in [-0.1, -0.05) is 59.8 Å². The Balaban J connectivity index is 1.56. The van der Waals surface area contributed by atoms with Gasteiger partial charge in [0.05, 0.1) is 16.5 Å². The molecule has 0 saturated carbocycles. The van der Waals surface area contributed by atoms with Crippen molar-refractivity contribution in [3.05, 3.63) is 82.1 Å². The first-order chi connectivity index (χ1) is 14.6. The monoisotopic (exact) mass is 522 g/mol. The third kappa shape index (κ3) is 6.63. The number of rotatable bonds is 10. The Bertz CT molecular complexity index is 1010. The van der Waals surface area contributed by atoms with Crippen molar-refractivity contribution in [3.8, 4) is 0 Å². The van der Waals surface area contributed by atoms with E-state index in [1.165, 1.54) is 17.3 Å². The fraction of sp³-hybridized carbons (Fsp3) is 0.190. The molecule has 1 amide bonds. The van der Waals surface area contributed by atoms with Gasteiger partial charge in [-0.25, -0.2) is 0 Å². The van der Waals surface area contributed by atoms with Crippen molar-refractivity contribution < 1.29 is 4.79 Å². The van der Waals surface area contributed by atoms with Gasteiger partial charge in [-0.3, -0.25) is 4.79 Å². The smallest absolute Gasteiger partial charge is 0.234 e. The summed E-state index contributed by atoms with van der Waals surface area (Å²) in [5.41, 5.74) is 1.93. The largest absolute Gasteiger partial charge is 0.325 e. The van der Waals surface area contributed by atoms with E-state index < -0.39 is 0 Å². The maximum Gasteiger partial charge on any atom is 0.234 e. The van der Waals surface area contributed by atoms with Crippen molar-refractivity contribution in [1.29, 1.82) is 0 Å². The third-order valence-electron chi connectivity index (χ3n) is 3.98. The van der Waals surface area contributed by atoms with Crippen LogP contribution in [0.25, 0.3) is 0 Å². The number of carbonyl (C=O) groups excluding carboxylic acids is 1. The fourth-order valence-corrected chi connectivity index (χ4v) is 4.70. The molecule has 9 heteroatoms. The second kappa shape index (κ2) is 11.6. The number of anilines is 1. The van der Waals surface area contributed by atoms with Crippen molar-refractivity contribution in [2.45, 2.75) is 23.2 Å². The zero-order valence-electron chi connectivity index (χ0n) is 16.1. The number of halogens is 2. The van der Waals surface area contributed by atoms with Crippen molar-refractivity contribution in [3.63, 3.8) is 0 Å². The molecule has 0 saturated heterocycles. The van der Waals surface area contributed by atoms with Crippen LogP contribution in [0.2, 0.25) is 5.02 Å². The first-order valence-corrected chi connectivity index (χ1v) is 12.4. The number of nitrogens with zero attached hydrogens (tertiary/aromatic N) is 3. The highest BCUT2D eigenvalue weighted by Gasteiger charge is 2.14. The molecule has 1 N–H and O–H groups in total. The second-order valence-electron chi connectivity index (χ2n) is 6.24. The Kier molecular flexibility index (Phi) is 8.87. The van der Waals surface area contributed by atoms with Gasteiger partial charge in [-0.05, 0) is 39.7 Å². The van der Waals surface area contributed by atoms with Gasteiger partial charge in [0.2, 0.25) is 5.91 Å². The highest BCUT2D eigenvalue weighted by molar-refractivity contribution is 9.10. The van der Waals surface area contributed by atoms with E-state index in [0.717, 1.165) is 21.8 Å². The van der Waals surface area contributed by atoms with E-state index in [1.807, 2.05) is 28.8 Å². The number of allylic oxidation sites excluding steroid dienone is 1. The van der Waals surface area contributed by atoms with Gasteiger partial charge in [-0.2, -0.15) is 0 Å². The standard InChI is InChI=1S/C21H20BrClN4OS2/c1-2-10-27-19(13-29-12-15-6-4-3-5-7-15)25-26-21(27)30-14-20(28)24-16-8-9-17(22)18(23)11-16/h2-9,11H,1,10,12-14H2,(H,24,28). The molecule has 30 heavy (non-hydrogen) atoms. The van der Waals surface area contributed by atoms with E-state index in [2.05, 4.69) is 50.2 Å². The van der Waals surface area contributed by atoms with E-state index in [9.17, 15) is 4.79 Å². The normalized spacial score (nSPS) is 10.7. The van der Waals surface area contributed by atoms with Gasteiger partial charge < -0.3 is 9.88 Å². The molecule has 0 atom stereocenters. The Labute approximate surface area is 197 Å². The van der Waals surface area contributed by atoms with Crippen molar-refractivity contribution in [2.75, 3.05) is 11.1 Å². The van der Waals surface area contributed by atoms with Crippen molar-refractivity contribution in [1.82, 2.24) is 14.8 Å². The van der Waals surface area contributed by atoms with E-state index >= 15 is 0 Å². The molecular weight excluding hydrogens is 504 g/mol. The molecule has 0 aliphatic carbocycles. The van der Waals surface area contributed by atoms with E-state index in [4.69, 9.17) is 11.6 Å². The Morgan fingerprint density at radius 1 is 1.20 bits per heavy atom. The van der Waals surface area contributed by atoms with Gasteiger partial charge in [0.1, 0.15) is 5.82 Å². The lowest BCUT2D eigenvalue weighted by Crippen LogP contribution is -2.14. The van der Waals surface area contributed by atoms with Gasteiger partial charge >= 0.3 is 0 Å². The average molecular weight is 524 g/mol. The number of hydrogen-bond acceptors (Lipinski definition) is 5. The molecule has 0 spiro atoms. The maximum absolute atomic E-state index is 12.3. The van der Waals surface area contributed by atoms with Gasteiger partial charge in [0.15, 0.2) is 5.16 Å². The lowest BCUT2D eigenvalue weighted by molar-refractivity contribution is -0.113. The molecule has 0 aliphatic rings. The molecule has 5 nitrogen and oxygen atoms in total. The summed E-state index contributed by atoms with van der Waals surface area (Å²) in [7, 11) is 0. The fourth-order valence-electron chi connectivity index (χ4n) is 2.58. The first kappa shape index (κ1) is 22.9. The lowest BCUT2D eigenvalue weighted by Gasteiger charge is -2.08. The Morgan fingerprint density at radius 3 is 2.73 bits per heavy atom. The highest BCUT2D eigenvalue weighted by atomic mass is 79.9. The summed E-state index contributed by atoms with van der Waals surface area (Å²) in [5, 5.41) is 12.7. The summed E-state index contributed by atoms with van der Waals surface area (Å²) in [5.74, 6) is 2.60. The summed E-state index contributed by atoms with van der Waals surface area (Å²) in [6, 6.07) is 15.6. The number of aromatic nitrogens is 3. The third-order valence-corrected chi connectivity index (χ3v) is 7.18. The van der Waals surface area contributed by atoms with E-state index in [0.29, 0.717) is 22.4 Å². The summed E-state index contributed by atoms with van der Waals surface area (Å²) in [4.78, 5) is 12.3. The van der Waals surface area contributed by atoms with Gasteiger partial charge in [-0.15, -0.1) is 28.5 Å². The minimum Gasteiger partial charge on any atom is -0.325 e. The van der Waals surface area contributed by atoms with Crippen molar-refractivity contribution >= 4 is 62.6 Å². The minimum atomic E-state index is -0.133. The Morgan fingerprint density at radius 2 is 2.00 bits per heavy atom. The molecule has 156 valence electrons. The summed E-state index contributed by atoms with van der Waals surface area (Å²) in [6.45, 7) is 4.42. The summed E-state index contributed by atoms with van der Waals surface area (Å²) < 4.78 is 2.78. The van der Waals surface area contributed by atoms with Crippen LogP contribution in [0.1, 0.15) is 11.4 Å². The van der Waals surface area contributed by atoms with Crippen LogP contribution in [-0.4, -0.2) is 26.4 Å². The molecular formula is C21H20BrClN4OS2. The molecule has 2 aromatic carbocycles. The Hall–Kier alpha value is -1.74. The number of thioether (sulfide) groups is 2. The first-order valence-electron chi connectivity index (χ1n) is 9.09. The quantitative estimate of drug-likeness (QED) is 0.259. The zero-order chi connectivity index (χ0) is 21.3. The molecule has 0 fully saturated rings. The van der Waals surface area contributed by atoms with Crippen LogP contribution in [0.5, 0.6) is 0 Å². The molecule has 1 heterocycles. The number of benzene rings is 2. The highest BCUT2D eigenvalue weighted by Crippen LogP contribution is 2.26. The predicted molar refractivity (Wildman–Crippen MR) is 130 cm³/mol. The molecule has 0 radical (unpaired) electrons. The van der Waals surface area contributed by atoms with Crippen LogP contribution < -0.4 is 5.32 Å². The number of nitrogens with one attached hydrogen (secondary N) is 1. The summed E-state index contributed by atoms with van der Waals surface area (Å²) in [6.07, 6.45) is 1.81. The topological polar surface area (TPSA) is 59.8 Å². The summed E-state index contributed by atoms with van der Waals surface area (Å²) >= 11 is 12.5. The van der Waals surface area contributed by atoms with Crippen LogP contribution in [0.4, 0.5) is 5.69 Å². The SMILES string of the molecule is C=CCn1c(CSCc2ccccc2)nnc1SCC(=O)Nc1ccc(Br)c(Cl)c1. The average Bonchev–Trinajstić information content (AvgIpc) is 3.12. The van der Waals surface area contributed by atoms with E-state index in [-0.39, 0.29) is 11.7 Å². The minimum absolute atomic E-state index is 0.133. The molecule has 0 unspecified atom stereocenters. The van der Waals surface area contributed by atoms with Crippen LogP contribution in [0, 0.1) is 0 Å².